The third-order valence-corrected chi connectivity index (χ3v) is 3.79. The van der Waals surface area contributed by atoms with Crippen molar-refractivity contribution in [3.63, 3.8) is 0 Å². The van der Waals surface area contributed by atoms with Crippen LogP contribution in [0.4, 0.5) is 5.82 Å². The monoisotopic (exact) mass is 293 g/mol. The molecule has 1 aliphatic rings. The molecule has 1 saturated heterocycles. The van der Waals surface area contributed by atoms with Crippen molar-refractivity contribution in [2.24, 2.45) is 11.8 Å². The molecular formula is C14H19N3O4. The predicted octanol–water partition coefficient (Wildman–Crippen LogP) is 1.20. The standard InChI is InChI=1S/C14H19N3O4/c1-8(2)12-9(14(20)21-3)4-5-17(12)11-7-15-10(6-16-11)13(18)19/h6-9,12H,4-5H2,1-3H3,(H,18,19)/t9-,12-/m0/s1. The number of rotatable bonds is 4. The van der Waals surface area contributed by atoms with Gasteiger partial charge in [-0.3, -0.25) is 4.79 Å². The Balaban J connectivity index is 2.26. The van der Waals surface area contributed by atoms with Crippen LogP contribution >= 0.6 is 0 Å². The van der Waals surface area contributed by atoms with Crippen molar-refractivity contribution in [3.8, 4) is 0 Å². The summed E-state index contributed by atoms with van der Waals surface area (Å²) in [5.74, 6) is -0.701. The number of carboxylic acid groups (broad SMARTS) is 1. The van der Waals surface area contributed by atoms with E-state index in [-0.39, 0.29) is 29.5 Å². The van der Waals surface area contributed by atoms with E-state index in [1.165, 1.54) is 19.5 Å². The number of anilines is 1. The van der Waals surface area contributed by atoms with Gasteiger partial charge in [0.2, 0.25) is 0 Å². The van der Waals surface area contributed by atoms with Crippen LogP contribution in [-0.4, -0.2) is 46.7 Å². The summed E-state index contributed by atoms with van der Waals surface area (Å²) in [7, 11) is 1.39. The van der Waals surface area contributed by atoms with E-state index in [9.17, 15) is 9.59 Å². The van der Waals surface area contributed by atoms with Crippen LogP contribution in [0.25, 0.3) is 0 Å². The zero-order valence-corrected chi connectivity index (χ0v) is 12.3. The molecule has 0 aromatic carbocycles. The van der Waals surface area contributed by atoms with Gasteiger partial charge in [-0.05, 0) is 12.3 Å². The fourth-order valence-electron chi connectivity index (χ4n) is 2.90. The van der Waals surface area contributed by atoms with Crippen LogP contribution in [0.1, 0.15) is 30.8 Å². The molecule has 2 atom stereocenters. The minimum Gasteiger partial charge on any atom is -0.476 e. The Kier molecular flexibility index (Phi) is 4.40. The highest BCUT2D eigenvalue weighted by atomic mass is 16.5. The summed E-state index contributed by atoms with van der Waals surface area (Å²) in [4.78, 5) is 32.8. The Morgan fingerprint density at radius 1 is 1.38 bits per heavy atom. The number of carbonyl (C=O) groups excluding carboxylic acids is 1. The molecule has 0 aliphatic carbocycles. The number of hydrogen-bond donors (Lipinski definition) is 1. The van der Waals surface area contributed by atoms with E-state index < -0.39 is 5.97 Å². The fraction of sp³-hybridized carbons (Fsp3) is 0.571. The Hall–Kier alpha value is -2.18. The SMILES string of the molecule is COC(=O)[C@H]1CCN(c2cnc(C(=O)O)cn2)[C@H]1C(C)C. The molecule has 1 fully saturated rings. The maximum atomic E-state index is 11.9. The Morgan fingerprint density at radius 3 is 2.57 bits per heavy atom. The first-order valence-electron chi connectivity index (χ1n) is 6.85. The maximum absolute atomic E-state index is 11.9. The molecule has 0 spiro atoms. The number of methoxy groups -OCH3 is 1. The van der Waals surface area contributed by atoms with Gasteiger partial charge in [-0.2, -0.15) is 0 Å². The molecule has 114 valence electrons. The van der Waals surface area contributed by atoms with E-state index in [1.54, 1.807) is 0 Å². The zero-order valence-electron chi connectivity index (χ0n) is 12.3. The van der Waals surface area contributed by atoms with Crippen LogP contribution < -0.4 is 4.90 Å². The van der Waals surface area contributed by atoms with Gasteiger partial charge >= 0.3 is 11.9 Å². The first-order chi connectivity index (χ1) is 9.95. The minimum absolute atomic E-state index is 0.0255. The molecule has 0 bridgehead atoms. The molecule has 7 nitrogen and oxygen atoms in total. The van der Waals surface area contributed by atoms with Crippen LogP contribution in [0.3, 0.4) is 0 Å². The van der Waals surface area contributed by atoms with Crippen LogP contribution in [0, 0.1) is 11.8 Å². The summed E-state index contributed by atoms with van der Waals surface area (Å²) in [6, 6.07) is -0.0255. The molecule has 7 heteroatoms. The number of esters is 1. The topological polar surface area (TPSA) is 92.6 Å². The minimum atomic E-state index is -1.11. The third-order valence-electron chi connectivity index (χ3n) is 3.79. The molecule has 0 unspecified atom stereocenters. The number of carbonyl (C=O) groups is 2. The number of ether oxygens (including phenoxy) is 1. The van der Waals surface area contributed by atoms with Crippen LogP contribution in [-0.2, 0) is 9.53 Å². The fourth-order valence-corrected chi connectivity index (χ4v) is 2.90. The van der Waals surface area contributed by atoms with Crippen LogP contribution in [0.5, 0.6) is 0 Å². The molecule has 2 heterocycles. The summed E-state index contributed by atoms with van der Waals surface area (Å²) in [5.41, 5.74) is -0.0939. The molecule has 0 saturated carbocycles. The summed E-state index contributed by atoms with van der Waals surface area (Å²) in [6.07, 6.45) is 3.37. The van der Waals surface area contributed by atoms with E-state index in [0.717, 1.165) is 0 Å². The zero-order chi connectivity index (χ0) is 15.6. The van der Waals surface area contributed by atoms with E-state index >= 15 is 0 Å². The summed E-state index contributed by atoms with van der Waals surface area (Å²) in [6.45, 7) is 4.75. The van der Waals surface area contributed by atoms with Crippen molar-refractivity contribution in [3.05, 3.63) is 18.1 Å². The second-order valence-corrected chi connectivity index (χ2v) is 5.41. The van der Waals surface area contributed by atoms with Crippen molar-refractivity contribution in [1.29, 1.82) is 0 Å². The molecule has 2 rings (SSSR count). The molecule has 1 aliphatic heterocycles. The quantitative estimate of drug-likeness (QED) is 0.834. The summed E-state index contributed by atoms with van der Waals surface area (Å²) < 4.78 is 4.87. The number of aromatic nitrogens is 2. The van der Waals surface area contributed by atoms with Crippen molar-refractivity contribution < 1.29 is 19.4 Å². The molecule has 1 aromatic heterocycles. The predicted molar refractivity (Wildman–Crippen MR) is 75.1 cm³/mol. The van der Waals surface area contributed by atoms with Gasteiger partial charge in [0, 0.05) is 12.6 Å². The molecule has 0 amide bonds. The highest BCUT2D eigenvalue weighted by molar-refractivity contribution is 5.85. The van der Waals surface area contributed by atoms with E-state index in [1.807, 2.05) is 18.7 Å². The lowest BCUT2D eigenvalue weighted by Crippen LogP contribution is -2.40. The van der Waals surface area contributed by atoms with E-state index in [0.29, 0.717) is 18.8 Å². The normalized spacial score (nSPS) is 21.6. The van der Waals surface area contributed by atoms with Gasteiger partial charge in [0.25, 0.3) is 0 Å². The van der Waals surface area contributed by atoms with E-state index in [2.05, 4.69) is 9.97 Å². The van der Waals surface area contributed by atoms with Crippen molar-refractivity contribution >= 4 is 17.8 Å². The van der Waals surface area contributed by atoms with Gasteiger partial charge in [-0.1, -0.05) is 13.8 Å². The molecule has 21 heavy (non-hydrogen) atoms. The van der Waals surface area contributed by atoms with Gasteiger partial charge in [0.15, 0.2) is 5.69 Å². The number of nitrogens with zero attached hydrogens (tertiary/aromatic N) is 3. The van der Waals surface area contributed by atoms with Crippen molar-refractivity contribution in [1.82, 2.24) is 9.97 Å². The van der Waals surface area contributed by atoms with Gasteiger partial charge in [-0.25, -0.2) is 14.8 Å². The third kappa shape index (κ3) is 2.96. The smallest absolute Gasteiger partial charge is 0.356 e. The van der Waals surface area contributed by atoms with E-state index in [4.69, 9.17) is 9.84 Å². The number of carboxylic acids is 1. The number of hydrogen-bond acceptors (Lipinski definition) is 6. The lowest BCUT2D eigenvalue weighted by molar-refractivity contribution is -0.145. The lowest BCUT2D eigenvalue weighted by atomic mass is 9.91. The highest BCUT2D eigenvalue weighted by Gasteiger charge is 2.41. The Bertz CT molecular complexity index is 530. The van der Waals surface area contributed by atoms with Crippen LogP contribution in [0.2, 0.25) is 0 Å². The molecule has 0 radical (unpaired) electrons. The molecular weight excluding hydrogens is 274 g/mol. The summed E-state index contributed by atoms with van der Waals surface area (Å²) in [5, 5.41) is 8.85. The first-order valence-corrected chi connectivity index (χ1v) is 6.85. The largest absolute Gasteiger partial charge is 0.476 e. The number of aromatic carboxylic acids is 1. The second kappa shape index (κ2) is 6.07. The average Bonchev–Trinajstić information content (AvgIpc) is 2.91. The van der Waals surface area contributed by atoms with Crippen LogP contribution in [0.15, 0.2) is 12.4 Å². The summed E-state index contributed by atoms with van der Waals surface area (Å²) >= 11 is 0. The molecule has 1 N–H and O–H groups in total. The second-order valence-electron chi connectivity index (χ2n) is 5.41. The Morgan fingerprint density at radius 2 is 2.10 bits per heavy atom. The van der Waals surface area contributed by atoms with Crippen molar-refractivity contribution in [2.75, 3.05) is 18.6 Å². The average molecular weight is 293 g/mol. The van der Waals surface area contributed by atoms with Crippen molar-refractivity contribution in [2.45, 2.75) is 26.3 Å². The van der Waals surface area contributed by atoms with Gasteiger partial charge in [0.05, 0.1) is 25.4 Å². The maximum Gasteiger partial charge on any atom is 0.356 e. The lowest BCUT2D eigenvalue weighted by Gasteiger charge is -2.31. The van der Waals surface area contributed by atoms with Gasteiger partial charge in [-0.15, -0.1) is 0 Å². The van der Waals surface area contributed by atoms with Gasteiger partial charge in [0.1, 0.15) is 5.82 Å². The molecule has 1 aromatic rings. The highest BCUT2D eigenvalue weighted by Crippen LogP contribution is 2.33. The first kappa shape index (κ1) is 15.2. The van der Waals surface area contributed by atoms with Gasteiger partial charge < -0.3 is 14.7 Å². The Labute approximate surface area is 123 Å².